The van der Waals surface area contributed by atoms with Gasteiger partial charge in [-0.05, 0) is 49.9 Å². The molecule has 2 saturated heterocycles. The first kappa shape index (κ1) is 20.1. The van der Waals surface area contributed by atoms with Crippen molar-refractivity contribution in [2.75, 3.05) is 39.7 Å². The zero-order chi connectivity index (χ0) is 19.4. The molecule has 2 fully saturated rings. The molecule has 0 aliphatic carbocycles. The van der Waals surface area contributed by atoms with Crippen LogP contribution in [0.3, 0.4) is 0 Å². The number of nitrogens with zero attached hydrogens (tertiary/aromatic N) is 2. The molecule has 7 nitrogen and oxygen atoms in total. The molecule has 2 aliphatic rings. The van der Waals surface area contributed by atoms with Crippen LogP contribution in [0.4, 0.5) is 0 Å². The highest BCUT2D eigenvalue weighted by Gasteiger charge is 2.37. The summed E-state index contributed by atoms with van der Waals surface area (Å²) in [4.78, 5) is 14.5. The molecule has 0 atom stereocenters. The molecule has 0 aromatic heterocycles. The average molecular weight is 397 g/mol. The monoisotopic (exact) mass is 396 g/mol. The largest absolute Gasteiger partial charge is 0.497 e. The van der Waals surface area contributed by atoms with Gasteiger partial charge in [0.05, 0.1) is 13.4 Å². The van der Waals surface area contributed by atoms with Gasteiger partial charge in [0.2, 0.25) is 10.0 Å². The summed E-state index contributed by atoms with van der Waals surface area (Å²) in [6.45, 7) is 2.33. The van der Waals surface area contributed by atoms with Gasteiger partial charge in [-0.1, -0.05) is 0 Å². The molecule has 0 radical (unpaired) electrons. The second-order valence-electron chi connectivity index (χ2n) is 7.19. The maximum atomic E-state index is 12.7. The fourth-order valence-corrected chi connectivity index (χ4v) is 5.52. The molecule has 1 aromatic rings. The Bertz CT molecular complexity index is 736. The lowest BCUT2D eigenvalue weighted by Gasteiger charge is -2.42. The smallest absolute Gasteiger partial charge is 0.253 e. The van der Waals surface area contributed by atoms with Crippen molar-refractivity contribution in [3.8, 4) is 5.75 Å². The average Bonchev–Trinajstić information content (AvgIpc) is 2.68. The van der Waals surface area contributed by atoms with Crippen LogP contribution in [0.2, 0.25) is 0 Å². The Morgan fingerprint density at radius 1 is 1.07 bits per heavy atom. The Morgan fingerprint density at radius 3 is 2.15 bits per heavy atom. The number of ether oxygens (including phenoxy) is 2. The zero-order valence-corrected chi connectivity index (χ0v) is 16.8. The van der Waals surface area contributed by atoms with Crippen LogP contribution in [-0.4, -0.2) is 75.3 Å². The molecule has 2 aliphatic heterocycles. The second-order valence-corrected chi connectivity index (χ2v) is 9.08. The molecule has 1 amide bonds. The minimum absolute atomic E-state index is 0.00240. The van der Waals surface area contributed by atoms with Crippen LogP contribution in [0.25, 0.3) is 0 Å². The van der Waals surface area contributed by atoms with E-state index in [-0.39, 0.29) is 18.0 Å². The SMILES string of the molecule is COc1ccc(C(=O)N2CCC(N(C3CCOCC3)S(C)(=O)=O)CC2)cc1. The number of hydrogen-bond donors (Lipinski definition) is 0. The van der Waals surface area contributed by atoms with E-state index in [0.29, 0.717) is 50.5 Å². The molecule has 1 aromatic carbocycles. The van der Waals surface area contributed by atoms with Crippen LogP contribution in [-0.2, 0) is 14.8 Å². The Balaban J connectivity index is 1.64. The van der Waals surface area contributed by atoms with Gasteiger partial charge >= 0.3 is 0 Å². The number of hydrogen-bond acceptors (Lipinski definition) is 5. The maximum Gasteiger partial charge on any atom is 0.253 e. The van der Waals surface area contributed by atoms with Gasteiger partial charge in [-0.25, -0.2) is 8.42 Å². The first-order valence-electron chi connectivity index (χ1n) is 9.39. The minimum Gasteiger partial charge on any atom is -0.497 e. The van der Waals surface area contributed by atoms with E-state index >= 15 is 0 Å². The van der Waals surface area contributed by atoms with Crippen LogP contribution in [0.15, 0.2) is 24.3 Å². The van der Waals surface area contributed by atoms with E-state index < -0.39 is 10.0 Å². The van der Waals surface area contributed by atoms with Gasteiger partial charge in [-0.15, -0.1) is 0 Å². The van der Waals surface area contributed by atoms with Crippen molar-refractivity contribution >= 4 is 15.9 Å². The second kappa shape index (κ2) is 8.58. The topological polar surface area (TPSA) is 76.2 Å². The lowest BCUT2D eigenvalue weighted by Crippen LogP contribution is -2.53. The summed E-state index contributed by atoms with van der Waals surface area (Å²) in [6.07, 6.45) is 4.08. The maximum absolute atomic E-state index is 12.7. The predicted molar refractivity (Wildman–Crippen MR) is 102 cm³/mol. The van der Waals surface area contributed by atoms with Crippen molar-refractivity contribution in [2.45, 2.75) is 37.8 Å². The molecular weight excluding hydrogens is 368 g/mol. The van der Waals surface area contributed by atoms with E-state index in [1.165, 1.54) is 6.26 Å². The summed E-state index contributed by atoms with van der Waals surface area (Å²) < 4.78 is 37.0. The Labute approximate surface area is 161 Å². The molecule has 2 heterocycles. The van der Waals surface area contributed by atoms with Crippen molar-refractivity contribution in [2.24, 2.45) is 0 Å². The Hall–Kier alpha value is -1.64. The summed E-state index contributed by atoms with van der Waals surface area (Å²) in [5.74, 6) is 0.693. The molecule has 0 unspecified atom stereocenters. The van der Waals surface area contributed by atoms with Gasteiger partial charge in [0.15, 0.2) is 0 Å². The van der Waals surface area contributed by atoms with Crippen molar-refractivity contribution in [1.82, 2.24) is 9.21 Å². The Morgan fingerprint density at radius 2 is 1.63 bits per heavy atom. The van der Waals surface area contributed by atoms with Gasteiger partial charge in [-0.3, -0.25) is 4.79 Å². The van der Waals surface area contributed by atoms with E-state index in [4.69, 9.17) is 9.47 Å². The molecule has 8 heteroatoms. The molecule has 150 valence electrons. The van der Waals surface area contributed by atoms with E-state index in [0.717, 1.165) is 12.8 Å². The van der Waals surface area contributed by atoms with Gasteiger partial charge in [-0.2, -0.15) is 4.31 Å². The fraction of sp³-hybridized carbons (Fsp3) is 0.632. The first-order chi connectivity index (χ1) is 12.9. The Kier molecular flexibility index (Phi) is 6.39. The number of piperidine rings is 1. The quantitative estimate of drug-likeness (QED) is 0.758. The van der Waals surface area contributed by atoms with Crippen molar-refractivity contribution in [1.29, 1.82) is 0 Å². The predicted octanol–water partition coefficient (Wildman–Crippen LogP) is 1.74. The van der Waals surface area contributed by atoms with E-state index in [9.17, 15) is 13.2 Å². The molecular formula is C19H28N2O5S. The van der Waals surface area contributed by atoms with Crippen LogP contribution in [0, 0.1) is 0 Å². The molecule has 3 rings (SSSR count). The van der Waals surface area contributed by atoms with Gasteiger partial charge < -0.3 is 14.4 Å². The first-order valence-corrected chi connectivity index (χ1v) is 11.2. The summed E-state index contributed by atoms with van der Waals surface area (Å²) in [7, 11) is -1.71. The molecule has 0 saturated carbocycles. The number of rotatable bonds is 5. The van der Waals surface area contributed by atoms with Crippen LogP contribution < -0.4 is 4.74 Å². The van der Waals surface area contributed by atoms with Crippen molar-refractivity contribution in [3.05, 3.63) is 29.8 Å². The molecule has 0 N–H and O–H groups in total. The van der Waals surface area contributed by atoms with Crippen molar-refractivity contribution < 1.29 is 22.7 Å². The van der Waals surface area contributed by atoms with Crippen LogP contribution in [0.5, 0.6) is 5.75 Å². The van der Waals surface area contributed by atoms with Gasteiger partial charge in [0.1, 0.15) is 5.75 Å². The number of methoxy groups -OCH3 is 1. The van der Waals surface area contributed by atoms with Gasteiger partial charge in [0.25, 0.3) is 5.91 Å². The van der Waals surface area contributed by atoms with Crippen LogP contribution >= 0.6 is 0 Å². The third kappa shape index (κ3) is 4.80. The molecule has 27 heavy (non-hydrogen) atoms. The number of sulfonamides is 1. The number of benzene rings is 1. The van der Waals surface area contributed by atoms with E-state index in [2.05, 4.69) is 0 Å². The number of carbonyl (C=O) groups is 1. The summed E-state index contributed by atoms with van der Waals surface area (Å²) in [5, 5.41) is 0. The van der Waals surface area contributed by atoms with Crippen molar-refractivity contribution in [3.63, 3.8) is 0 Å². The lowest BCUT2D eigenvalue weighted by molar-refractivity contribution is 0.0378. The number of likely N-dealkylation sites (tertiary alicyclic amines) is 1. The minimum atomic E-state index is -3.30. The highest BCUT2D eigenvalue weighted by atomic mass is 32.2. The number of amides is 1. The zero-order valence-electron chi connectivity index (χ0n) is 16.0. The summed E-state index contributed by atoms with van der Waals surface area (Å²) in [5.41, 5.74) is 0.624. The van der Waals surface area contributed by atoms with E-state index in [1.54, 1.807) is 35.7 Å². The summed E-state index contributed by atoms with van der Waals surface area (Å²) in [6, 6.07) is 7.02. The third-order valence-electron chi connectivity index (χ3n) is 5.38. The normalized spacial score (nSPS) is 20.0. The standard InChI is InChI=1S/C19H28N2O5S/c1-25-18-5-3-15(4-6-18)19(22)20-11-7-16(8-12-20)21(27(2,23)24)17-9-13-26-14-10-17/h3-6,16-17H,7-14H2,1-2H3. The highest BCUT2D eigenvalue weighted by Crippen LogP contribution is 2.27. The lowest BCUT2D eigenvalue weighted by atomic mass is 10.0. The van der Waals surface area contributed by atoms with Crippen LogP contribution in [0.1, 0.15) is 36.0 Å². The molecule has 0 bridgehead atoms. The fourth-order valence-electron chi connectivity index (χ4n) is 4.02. The number of carbonyl (C=O) groups excluding carboxylic acids is 1. The van der Waals surface area contributed by atoms with E-state index in [1.807, 2.05) is 4.90 Å². The summed E-state index contributed by atoms with van der Waals surface area (Å²) >= 11 is 0. The third-order valence-corrected chi connectivity index (χ3v) is 6.74. The molecule has 0 spiro atoms. The highest BCUT2D eigenvalue weighted by molar-refractivity contribution is 7.88. The van der Waals surface area contributed by atoms with Gasteiger partial charge in [0, 0.05) is 44.0 Å².